The lowest BCUT2D eigenvalue weighted by atomic mass is 9.76. The Kier molecular flexibility index (Phi) is 8.61. The Bertz CT molecular complexity index is 874. The number of phenols is 2. The second-order valence-corrected chi connectivity index (χ2v) is 11.3. The van der Waals surface area contributed by atoms with Crippen LogP contribution in [0.3, 0.4) is 0 Å². The van der Waals surface area contributed by atoms with Gasteiger partial charge in [0.25, 0.3) is 0 Å². The minimum Gasteiger partial charge on any atom is -0.508 e. The maximum absolute atomic E-state index is 10.9. The highest BCUT2D eigenvalue weighted by atomic mass is 16.3. The number of unbranched alkanes of at least 4 members (excludes halogenated alkanes) is 2. The number of aromatic hydroxyl groups is 2. The van der Waals surface area contributed by atoms with Crippen molar-refractivity contribution in [2.45, 2.75) is 128 Å². The number of phenolic OH excluding ortho intramolecular Hbond substituents is 2. The molecule has 186 valence electrons. The van der Waals surface area contributed by atoms with Crippen LogP contribution in [0, 0.1) is 13.8 Å². The summed E-state index contributed by atoms with van der Waals surface area (Å²) in [4.78, 5) is 0. The molecule has 2 nitrogen and oxygen atoms in total. The van der Waals surface area contributed by atoms with E-state index >= 15 is 0 Å². The summed E-state index contributed by atoms with van der Waals surface area (Å²) in [6.07, 6.45) is 17.3. The van der Waals surface area contributed by atoms with Crippen LogP contribution in [0.25, 0.3) is 0 Å². The van der Waals surface area contributed by atoms with Crippen LogP contribution < -0.4 is 0 Å². The van der Waals surface area contributed by atoms with Crippen LogP contribution in [-0.2, 0) is 0 Å². The van der Waals surface area contributed by atoms with Crippen LogP contribution in [0.4, 0.5) is 0 Å². The second-order valence-electron chi connectivity index (χ2n) is 11.3. The summed E-state index contributed by atoms with van der Waals surface area (Å²) >= 11 is 0. The largest absolute Gasteiger partial charge is 0.508 e. The van der Waals surface area contributed by atoms with Crippen molar-refractivity contribution in [3.63, 3.8) is 0 Å². The van der Waals surface area contributed by atoms with Gasteiger partial charge in [-0.3, -0.25) is 0 Å². The van der Waals surface area contributed by atoms with Gasteiger partial charge in [0.15, 0.2) is 0 Å². The Labute approximate surface area is 207 Å². The average molecular weight is 463 g/mol. The van der Waals surface area contributed by atoms with E-state index in [1.165, 1.54) is 117 Å². The summed E-state index contributed by atoms with van der Waals surface area (Å²) in [5, 5.41) is 21.8. The zero-order chi connectivity index (χ0) is 24.1. The minimum atomic E-state index is 0.317. The number of benzene rings is 2. The molecule has 0 unspecified atom stereocenters. The van der Waals surface area contributed by atoms with E-state index in [4.69, 9.17) is 0 Å². The molecule has 2 aliphatic rings. The van der Waals surface area contributed by atoms with Crippen LogP contribution in [-0.4, -0.2) is 10.2 Å². The Hall–Kier alpha value is -1.96. The Balaban J connectivity index is 1.77. The summed E-state index contributed by atoms with van der Waals surface area (Å²) in [5.41, 5.74) is 7.51. The lowest BCUT2D eigenvalue weighted by Crippen LogP contribution is -2.11. The van der Waals surface area contributed by atoms with Crippen LogP contribution in [0.2, 0.25) is 0 Å². The van der Waals surface area contributed by atoms with E-state index in [0.717, 1.165) is 6.42 Å². The summed E-state index contributed by atoms with van der Waals surface area (Å²) in [5.74, 6) is 2.28. The van der Waals surface area contributed by atoms with Gasteiger partial charge < -0.3 is 10.2 Å². The zero-order valence-electron chi connectivity index (χ0n) is 21.8. The van der Waals surface area contributed by atoms with E-state index in [1.807, 2.05) is 12.1 Å². The Morgan fingerprint density at radius 2 is 1.12 bits per heavy atom. The topological polar surface area (TPSA) is 40.5 Å². The third kappa shape index (κ3) is 5.64. The molecule has 2 saturated carbocycles. The summed E-state index contributed by atoms with van der Waals surface area (Å²) in [7, 11) is 0. The molecule has 0 heterocycles. The fourth-order valence-electron chi connectivity index (χ4n) is 6.76. The van der Waals surface area contributed by atoms with Gasteiger partial charge in [0.1, 0.15) is 11.5 Å². The van der Waals surface area contributed by atoms with Gasteiger partial charge in [0.05, 0.1) is 0 Å². The van der Waals surface area contributed by atoms with E-state index in [-0.39, 0.29) is 0 Å². The lowest BCUT2D eigenvalue weighted by molar-refractivity contribution is 0.412. The molecular weight excluding hydrogens is 416 g/mol. The second kappa shape index (κ2) is 11.6. The molecule has 0 aliphatic heterocycles. The Morgan fingerprint density at radius 3 is 1.53 bits per heavy atom. The van der Waals surface area contributed by atoms with Crippen LogP contribution in [0.5, 0.6) is 11.5 Å². The first-order valence-corrected chi connectivity index (χ1v) is 14.2. The van der Waals surface area contributed by atoms with Gasteiger partial charge in [0, 0.05) is 5.92 Å². The number of hydrogen-bond acceptors (Lipinski definition) is 2. The van der Waals surface area contributed by atoms with Gasteiger partial charge in [-0.15, -0.1) is 0 Å². The first-order chi connectivity index (χ1) is 16.5. The van der Waals surface area contributed by atoms with E-state index < -0.39 is 0 Å². The highest BCUT2D eigenvalue weighted by molar-refractivity contribution is 5.51. The molecule has 0 spiro atoms. The highest BCUT2D eigenvalue weighted by Crippen LogP contribution is 2.45. The van der Waals surface area contributed by atoms with Crippen molar-refractivity contribution < 1.29 is 10.2 Å². The molecule has 4 rings (SSSR count). The van der Waals surface area contributed by atoms with E-state index in [9.17, 15) is 10.2 Å². The van der Waals surface area contributed by atoms with Crippen molar-refractivity contribution in [1.82, 2.24) is 0 Å². The molecule has 0 amide bonds. The van der Waals surface area contributed by atoms with Gasteiger partial charge in [-0.2, -0.15) is 0 Å². The Morgan fingerprint density at radius 1 is 0.676 bits per heavy atom. The van der Waals surface area contributed by atoms with Gasteiger partial charge in [0.2, 0.25) is 0 Å². The van der Waals surface area contributed by atoms with Gasteiger partial charge in [-0.05, 0) is 103 Å². The molecule has 2 N–H and O–H groups in total. The van der Waals surface area contributed by atoms with Crippen LogP contribution in [0.1, 0.15) is 148 Å². The fourth-order valence-corrected chi connectivity index (χ4v) is 6.76. The summed E-state index contributed by atoms with van der Waals surface area (Å²) in [6.45, 7) is 6.61. The smallest absolute Gasteiger partial charge is 0.119 e. The van der Waals surface area contributed by atoms with Gasteiger partial charge in [-0.1, -0.05) is 76.8 Å². The molecule has 2 aromatic rings. The van der Waals surface area contributed by atoms with Gasteiger partial charge in [-0.25, -0.2) is 0 Å². The maximum Gasteiger partial charge on any atom is 0.119 e. The standard InChI is InChI=1S/C32H46O2/c1-4-5-8-17-26(27-20-29(31(33)18-22(27)2)24-13-9-6-10-14-24)28-21-30(32(34)19-23(28)3)25-15-11-7-12-16-25/h18-21,24-26,33-34H,4-17H2,1-3H3. The molecule has 2 heteroatoms. The van der Waals surface area contributed by atoms with Crippen molar-refractivity contribution in [2.24, 2.45) is 0 Å². The third-order valence-corrected chi connectivity index (χ3v) is 8.77. The first-order valence-electron chi connectivity index (χ1n) is 14.2. The monoisotopic (exact) mass is 462 g/mol. The number of hydrogen-bond donors (Lipinski definition) is 2. The molecular formula is C32H46O2. The van der Waals surface area contributed by atoms with Crippen molar-refractivity contribution in [3.05, 3.63) is 57.6 Å². The zero-order valence-corrected chi connectivity index (χ0v) is 21.8. The number of rotatable bonds is 8. The van der Waals surface area contributed by atoms with Crippen LogP contribution in [0.15, 0.2) is 24.3 Å². The van der Waals surface area contributed by atoms with Gasteiger partial charge >= 0.3 is 0 Å². The normalized spacial score (nSPS) is 18.0. The molecule has 0 atom stereocenters. The first kappa shape index (κ1) is 25.1. The molecule has 2 aromatic carbocycles. The molecule has 2 fully saturated rings. The molecule has 0 radical (unpaired) electrons. The lowest BCUT2D eigenvalue weighted by Gasteiger charge is -2.29. The summed E-state index contributed by atoms with van der Waals surface area (Å²) < 4.78 is 0. The average Bonchev–Trinajstić information content (AvgIpc) is 2.84. The molecule has 34 heavy (non-hydrogen) atoms. The van der Waals surface area contributed by atoms with E-state index in [1.54, 1.807) is 0 Å². The minimum absolute atomic E-state index is 0.317. The highest BCUT2D eigenvalue weighted by Gasteiger charge is 2.26. The molecule has 0 bridgehead atoms. The summed E-state index contributed by atoms with van der Waals surface area (Å²) in [6, 6.07) is 8.79. The van der Waals surface area contributed by atoms with Crippen molar-refractivity contribution in [3.8, 4) is 11.5 Å². The SMILES string of the molecule is CCCCCC(c1cc(C2CCCCC2)c(O)cc1C)c1cc(C2CCCCC2)c(O)cc1C. The molecule has 0 aromatic heterocycles. The molecule has 2 aliphatic carbocycles. The van der Waals surface area contributed by atoms with Crippen molar-refractivity contribution >= 4 is 0 Å². The predicted octanol–water partition coefficient (Wildman–Crippen LogP) is 9.52. The van der Waals surface area contributed by atoms with E-state index in [0.29, 0.717) is 29.3 Å². The maximum atomic E-state index is 10.9. The number of aryl methyl sites for hydroxylation is 2. The third-order valence-electron chi connectivity index (χ3n) is 8.77. The van der Waals surface area contributed by atoms with E-state index in [2.05, 4.69) is 32.9 Å². The van der Waals surface area contributed by atoms with Crippen LogP contribution >= 0.6 is 0 Å². The predicted molar refractivity (Wildman–Crippen MR) is 143 cm³/mol. The van der Waals surface area contributed by atoms with Crippen molar-refractivity contribution in [2.75, 3.05) is 0 Å². The fraction of sp³-hybridized carbons (Fsp3) is 0.625. The quantitative estimate of drug-likeness (QED) is 0.383. The van der Waals surface area contributed by atoms with Crippen molar-refractivity contribution in [1.29, 1.82) is 0 Å². The molecule has 0 saturated heterocycles.